The van der Waals surface area contributed by atoms with E-state index in [0.29, 0.717) is 5.56 Å². The van der Waals surface area contributed by atoms with Crippen LogP contribution in [0, 0.1) is 5.82 Å². The molecule has 1 unspecified atom stereocenters. The maximum Gasteiger partial charge on any atom is 0.240 e. The first kappa shape index (κ1) is 16.5. The van der Waals surface area contributed by atoms with E-state index in [-0.39, 0.29) is 23.1 Å². The SMILES string of the molecule is COc1ccc(C(C)CNS(=O)(=O)c2ccccc2)cc1F. The van der Waals surface area contributed by atoms with Crippen molar-refractivity contribution in [3.05, 3.63) is 59.9 Å². The predicted octanol–water partition coefficient (Wildman–Crippen LogP) is 2.92. The average molecular weight is 323 g/mol. The molecule has 1 atom stereocenters. The number of ether oxygens (including phenoxy) is 1. The van der Waals surface area contributed by atoms with Crippen LogP contribution in [-0.4, -0.2) is 22.1 Å². The van der Waals surface area contributed by atoms with Gasteiger partial charge in [-0.3, -0.25) is 0 Å². The molecule has 0 aliphatic rings. The molecule has 22 heavy (non-hydrogen) atoms. The summed E-state index contributed by atoms with van der Waals surface area (Å²) in [5.41, 5.74) is 0.703. The molecule has 6 heteroatoms. The van der Waals surface area contributed by atoms with Crippen LogP contribution in [0.1, 0.15) is 18.4 Å². The van der Waals surface area contributed by atoms with Crippen LogP contribution in [0.4, 0.5) is 4.39 Å². The first-order chi connectivity index (χ1) is 10.4. The van der Waals surface area contributed by atoms with E-state index in [1.165, 1.54) is 31.4 Å². The zero-order valence-corrected chi connectivity index (χ0v) is 13.2. The number of halogens is 1. The van der Waals surface area contributed by atoms with Crippen molar-refractivity contribution in [2.45, 2.75) is 17.7 Å². The summed E-state index contributed by atoms with van der Waals surface area (Å²) in [6, 6.07) is 12.8. The van der Waals surface area contributed by atoms with E-state index in [1.807, 2.05) is 6.92 Å². The number of methoxy groups -OCH3 is 1. The summed E-state index contributed by atoms with van der Waals surface area (Å²) in [5.74, 6) is -0.461. The Hall–Kier alpha value is -1.92. The van der Waals surface area contributed by atoms with Crippen molar-refractivity contribution in [2.75, 3.05) is 13.7 Å². The Kier molecular flexibility index (Phi) is 5.15. The summed E-state index contributed by atoms with van der Waals surface area (Å²) in [6.45, 7) is 2.01. The van der Waals surface area contributed by atoms with E-state index < -0.39 is 15.8 Å². The summed E-state index contributed by atoms with van der Waals surface area (Å²) in [6.07, 6.45) is 0. The minimum Gasteiger partial charge on any atom is -0.494 e. The standard InChI is InChI=1S/C16H18FNO3S/c1-12(13-8-9-16(21-2)15(17)10-13)11-18-22(19,20)14-6-4-3-5-7-14/h3-10,12,18H,11H2,1-2H3. The molecule has 2 aromatic rings. The van der Waals surface area contributed by atoms with E-state index in [2.05, 4.69) is 4.72 Å². The molecule has 2 rings (SSSR count). The number of nitrogens with one attached hydrogen (secondary N) is 1. The fraction of sp³-hybridized carbons (Fsp3) is 0.250. The lowest BCUT2D eigenvalue weighted by atomic mass is 10.0. The molecular formula is C16H18FNO3S. The third kappa shape index (κ3) is 3.84. The summed E-state index contributed by atoms with van der Waals surface area (Å²) in [7, 11) is -2.16. The lowest BCUT2D eigenvalue weighted by molar-refractivity contribution is 0.386. The van der Waals surface area contributed by atoms with Gasteiger partial charge < -0.3 is 4.74 Å². The molecule has 0 saturated heterocycles. The highest BCUT2D eigenvalue weighted by molar-refractivity contribution is 7.89. The first-order valence-corrected chi connectivity index (χ1v) is 8.30. The Labute approximate surface area is 130 Å². The van der Waals surface area contributed by atoms with Gasteiger partial charge in [-0.1, -0.05) is 31.2 Å². The van der Waals surface area contributed by atoms with Gasteiger partial charge >= 0.3 is 0 Å². The smallest absolute Gasteiger partial charge is 0.240 e. The molecule has 0 fully saturated rings. The quantitative estimate of drug-likeness (QED) is 0.889. The van der Waals surface area contributed by atoms with Crippen molar-refractivity contribution in [2.24, 2.45) is 0 Å². The van der Waals surface area contributed by atoms with Gasteiger partial charge in [0.25, 0.3) is 0 Å². The number of hydrogen-bond acceptors (Lipinski definition) is 3. The molecular weight excluding hydrogens is 305 g/mol. The molecule has 0 aromatic heterocycles. The third-order valence-electron chi connectivity index (χ3n) is 3.38. The van der Waals surface area contributed by atoms with Crippen molar-refractivity contribution in [1.82, 2.24) is 4.72 Å². The molecule has 4 nitrogen and oxygen atoms in total. The Morgan fingerprint density at radius 1 is 1.18 bits per heavy atom. The van der Waals surface area contributed by atoms with Gasteiger partial charge in [-0.25, -0.2) is 17.5 Å². The van der Waals surface area contributed by atoms with E-state index >= 15 is 0 Å². The van der Waals surface area contributed by atoms with Gasteiger partial charge in [-0.05, 0) is 35.7 Å². The normalized spacial score (nSPS) is 12.9. The summed E-state index contributed by atoms with van der Waals surface area (Å²) >= 11 is 0. The molecule has 0 bridgehead atoms. The van der Waals surface area contributed by atoms with E-state index in [1.54, 1.807) is 24.3 Å². The zero-order chi connectivity index (χ0) is 16.2. The van der Waals surface area contributed by atoms with Gasteiger partial charge in [0.05, 0.1) is 12.0 Å². The van der Waals surface area contributed by atoms with Crippen LogP contribution in [-0.2, 0) is 10.0 Å². The minimum atomic E-state index is -3.55. The van der Waals surface area contributed by atoms with Gasteiger partial charge in [0, 0.05) is 6.54 Å². The van der Waals surface area contributed by atoms with Crippen LogP contribution >= 0.6 is 0 Å². The molecule has 0 heterocycles. The van der Waals surface area contributed by atoms with Crippen LogP contribution in [0.15, 0.2) is 53.4 Å². The molecule has 0 amide bonds. The fourth-order valence-electron chi connectivity index (χ4n) is 2.02. The lowest BCUT2D eigenvalue weighted by Gasteiger charge is -2.14. The van der Waals surface area contributed by atoms with Gasteiger partial charge in [-0.2, -0.15) is 0 Å². The van der Waals surface area contributed by atoms with Crippen LogP contribution in [0.5, 0.6) is 5.75 Å². The van der Waals surface area contributed by atoms with Gasteiger partial charge in [0.1, 0.15) is 0 Å². The maximum atomic E-state index is 13.7. The predicted molar refractivity (Wildman–Crippen MR) is 83.0 cm³/mol. The number of hydrogen-bond donors (Lipinski definition) is 1. The third-order valence-corrected chi connectivity index (χ3v) is 4.82. The molecule has 1 N–H and O–H groups in total. The summed E-state index contributed by atoms with van der Waals surface area (Å²) in [5, 5.41) is 0. The van der Waals surface area contributed by atoms with Gasteiger partial charge in [-0.15, -0.1) is 0 Å². The number of benzene rings is 2. The minimum absolute atomic E-state index is 0.167. The van der Waals surface area contributed by atoms with Crippen molar-refractivity contribution < 1.29 is 17.5 Å². The Balaban J connectivity index is 2.07. The maximum absolute atomic E-state index is 13.7. The highest BCUT2D eigenvalue weighted by atomic mass is 32.2. The second-order valence-corrected chi connectivity index (χ2v) is 6.73. The molecule has 0 aliphatic carbocycles. The molecule has 118 valence electrons. The number of sulfonamides is 1. The van der Waals surface area contributed by atoms with Gasteiger partial charge in [0.2, 0.25) is 10.0 Å². The number of rotatable bonds is 6. The molecule has 2 aromatic carbocycles. The highest BCUT2D eigenvalue weighted by Crippen LogP contribution is 2.23. The van der Waals surface area contributed by atoms with Crippen molar-refractivity contribution in [3.63, 3.8) is 0 Å². The zero-order valence-electron chi connectivity index (χ0n) is 12.4. The van der Waals surface area contributed by atoms with E-state index in [0.717, 1.165) is 0 Å². The Morgan fingerprint density at radius 2 is 1.86 bits per heavy atom. The van der Waals surface area contributed by atoms with Crippen LogP contribution in [0.3, 0.4) is 0 Å². The lowest BCUT2D eigenvalue weighted by Crippen LogP contribution is -2.27. The van der Waals surface area contributed by atoms with Crippen LogP contribution < -0.4 is 9.46 Å². The van der Waals surface area contributed by atoms with E-state index in [4.69, 9.17) is 4.74 Å². The molecule has 0 spiro atoms. The van der Waals surface area contributed by atoms with Crippen molar-refractivity contribution in [3.8, 4) is 5.75 Å². The van der Waals surface area contributed by atoms with Gasteiger partial charge in [0.15, 0.2) is 11.6 Å². The van der Waals surface area contributed by atoms with Crippen LogP contribution in [0.25, 0.3) is 0 Å². The second kappa shape index (κ2) is 6.89. The second-order valence-electron chi connectivity index (χ2n) is 4.96. The average Bonchev–Trinajstić information content (AvgIpc) is 2.53. The van der Waals surface area contributed by atoms with E-state index in [9.17, 15) is 12.8 Å². The van der Waals surface area contributed by atoms with Crippen molar-refractivity contribution in [1.29, 1.82) is 0 Å². The molecule has 0 saturated carbocycles. The van der Waals surface area contributed by atoms with Crippen molar-refractivity contribution >= 4 is 10.0 Å². The summed E-state index contributed by atoms with van der Waals surface area (Å²) < 4.78 is 45.4. The monoisotopic (exact) mass is 323 g/mol. The first-order valence-electron chi connectivity index (χ1n) is 6.82. The Morgan fingerprint density at radius 3 is 2.45 bits per heavy atom. The Bertz CT molecular complexity index is 732. The topological polar surface area (TPSA) is 55.4 Å². The summed E-state index contributed by atoms with van der Waals surface area (Å²) in [4.78, 5) is 0.211. The van der Waals surface area contributed by atoms with Crippen LogP contribution in [0.2, 0.25) is 0 Å². The fourth-order valence-corrected chi connectivity index (χ4v) is 3.18. The molecule has 0 radical (unpaired) electrons. The largest absolute Gasteiger partial charge is 0.494 e. The molecule has 0 aliphatic heterocycles. The highest BCUT2D eigenvalue weighted by Gasteiger charge is 2.16.